The summed E-state index contributed by atoms with van der Waals surface area (Å²) in [4.78, 5) is 11.8. The molecule has 0 aromatic heterocycles. The molecule has 2 unspecified atom stereocenters. The van der Waals surface area contributed by atoms with Gasteiger partial charge in [0.25, 0.3) is 0 Å². The van der Waals surface area contributed by atoms with Crippen molar-refractivity contribution < 1.29 is 13.2 Å². The summed E-state index contributed by atoms with van der Waals surface area (Å²) in [5, 5.41) is -0.312. The molecule has 0 saturated heterocycles. The van der Waals surface area contributed by atoms with Crippen LogP contribution < -0.4 is 5.73 Å². The third-order valence-corrected chi connectivity index (χ3v) is 4.95. The van der Waals surface area contributed by atoms with Gasteiger partial charge in [-0.2, -0.15) is 0 Å². The van der Waals surface area contributed by atoms with Crippen molar-refractivity contribution in [2.45, 2.75) is 43.8 Å². The second kappa shape index (κ2) is 5.77. The molecule has 0 aromatic rings. The Morgan fingerprint density at radius 1 is 1.38 bits per heavy atom. The molecule has 0 amide bonds. The van der Waals surface area contributed by atoms with Crippen LogP contribution >= 0.6 is 0 Å². The van der Waals surface area contributed by atoms with E-state index in [0.29, 0.717) is 32.2 Å². The summed E-state index contributed by atoms with van der Waals surface area (Å²) in [6, 6.07) is 0. The lowest BCUT2D eigenvalue weighted by molar-refractivity contribution is -0.123. The van der Waals surface area contributed by atoms with Crippen LogP contribution in [0.15, 0.2) is 0 Å². The SMILES string of the molecule is CS(=O)(=O)C1CCCC(C(=O)CCCN)C1. The zero-order valence-corrected chi connectivity index (χ0v) is 10.6. The van der Waals surface area contributed by atoms with Crippen LogP contribution in [0.25, 0.3) is 0 Å². The van der Waals surface area contributed by atoms with E-state index in [4.69, 9.17) is 5.73 Å². The first-order valence-electron chi connectivity index (χ1n) is 5.86. The summed E-state index contributed by atoms with van der Waals surface area (Å²) >= 11 is 0. The van der Waals surface area contributed by atoms with Crippen LogP contribution in [-0.4, -0.2) is 32.3 Å². The fourth-order valence-corrected chi connectivity index (χ4v) is 3.48. The predicted molar refractivity (Wildman–Crippen MR) is 63.9 cm³/mol. The van der Waals surface area contributed by atoms with Gasteiger partial charge in [-0.3, -0.25) is 4.79 Å². The highest BCUT2D eigenvalue weighted by atomic mass is 32.2. The van der Waals surface area contributed by atoms with Crippen LogP contribution in [0.2, 0.25) is 0 Å². The van der Waals surface area contributed by atoms with Crippen LogP contribution in [0.5, 0.6) is 0 Å². The van der Waals surface area contributed by atoms with E-state index in [1.165, 1.54) is 6.26 Å². The maximum Gasteiger partial charge on any atom is 0.150 e. The number of hydrogen-bond donors (Lipinski definition) is 1. The third kappa shape index (κ3) is 3.87. The molecular formula is C11H21NO3S. The van der Waals surface area contributed by atoms with Crippen LogP contribution in [0.3, 0.4) is 0 Å². The number of Topliss-reactive ketones (excluding diaryl/α,β-unsaturated/α-hetero) is 1. The molecule has 2 atom stereocenters. The maximum atomic E-state index is 11.8. The van der Waals surface area contributed by atoms with Gasteiger partial charge in [0.15, 0.2) is 0 Å². The van der Waals surface area contributed by atoms with E-state index in [1.54, 1.807) is 0 Å². The summed E-state index contributed by atoms with van der Waals surface area (Å²) < 4.78 is 22.9. The largest absolute Gasteiger partial charge is 0.330 e. The van der Waals surface area contributed by atoms with E-state index in [-0.39, 0.29) is 17.0 Å². The predicted octanol–water partition coefficient (Wildman–Crippen LogP) is 0.898. The molecule has 94 valence electrons. The summed E-state index contributed by atoms with van der Waals surface area (Å²) in [7, 11) is -2.99. The second-order valence-electron chi connectivity index (χ2n) is 4.67. The first-order chi connectivity index (χ1) is 7.45. The van der Waals surface area contributed by atoms with Crippen LogP contribution in [0.1, 0.15) is 38.5 Å². The Hall–Kier alpha value is -0.420. The van der Waals surface area contributed by atoms with Crippen molar-refractivity contribution in [3.8, 4) is 0 Å². The Bertz CT molecular complexity index is 337. The van der Waals surface area contributed by atoms with Gasteiger partial charge in [0, 0.05) is 18.6 Å². The van der Waals surface area contributed by atoms with Crippen molar-refractivity contribution in [3.05, 3.63) is 0 Å². The highest BCUT2D eigenvalue weighted by Crippen LogP contribution is 2.29. The first kappa shape index (κ1) is 13.6. The van der Waals surface area contributed by atoms with Gasteiger partial charge in [0.05, 0.1) is 5.25 Å². The van der Waals surface area contributed by atoms with E-state index in [1.807, 2.05) is 0 Å². The fraction of sp³-hybridized carbons (Fsp3) is 0.909. The summed E-state index contributed by atoms with van der Waals surface area (Å²) in [6.45, 7) is 0.522. The molecule has 0 spiro atoms. The molecule has 1 aliphatic rings. The molecule has 1 rings (SSSR count). The van der Waals surface area contributed by atoms with Crippen molar-refractivity contribution in [1.82, 2.24) is 0 Å². The van der Waals surface area contributed by atoms with E-state index in [9.17, 15) is 13.2 Å². The van der Waals surface area contributed by atoms with E-state index < -0.39 is 9.84 Å². The molecule has 1 saturated carbocycles. The molecule has 1 aliphatic carbocycles. The molecule has 5 heteroatoms. The van der Waals surface area contributed by atoms with Gasteiger partial charge in [-0.15, -0.1) is 0 Å². The molecule has 0 aliphatic heterocycles. The standard InChI is InChI=1S/C11H21NO3S/c1-16(14,15)10-5-2-4-9(8-10)11(13)6-3-7-12/h9-10H,2-8,12H2,1H3. The summed E-state index contributed by atoms with van der Waals surface area (Å²) in [6.07, 6.45) is 5.38. The highest BCUT2D eigenvalue weighted by molar-refractivity contribution is 7.91. The molecule has 0 radical (unpaired) electrons. The van der Waals surface area contributed by atoms with E-state index in [2.05, 4.69) is 0 Å². The number of ketones is 1. The Balaban J connectivity index is 2.54. The smallest absolute Gasteiger partial charge is 0.150 e. The Labute approximate surface area is 97.5 Å². The average Bonchev–Trinajstić information content (AvgIpc) is 2.25. The molecule has 16 heavy (non-hydrogen) atoms. The minimum Gasteiger partial charge on any atom is -0.330 e. The molecule has 4 nitrogen and oxygen atoms in total. The molecule has 2 N–H and O–H groups in total. The van der Waals surface area contributed by atoms with Gasteiger partial charge in [-0.25, -0.2) is 8.42 Å². The lowest BCUT2D eigenvalue weighted by Crippen LogP contribution is -2.31. The van der Waals surface area contributed by atoms with Crippen molar-refractivity contribution in [1.29, 1.82) is 0 Å². The summed E-state index contributed by atoms with van der Waals surface area (Å²) in [5.74, 6) is 0.138. The molecule has 1 fully saturated rings. The number of carbonyl (C=O) groups excluding carboxylic acids is 1. The molecule has 0 aromatic carbocycles. The zero-order valence-electron chi connectivity index (χ0n) is 9.81. The zero-order chi connectivity index (χ0) is 12.2. The second-order valence-corrected chi connectivity index (χ2v) is 7.00. The number of nitrogens with two attached hydrogens (primary N) is 1. The number of sulfone groups is 1. The molecular weight excluding hydrogens is 226 g/mol. The lowest BCUT2D eigenvalue weighted by atomic mass is 9.84. The Kier molecular flexibility index (Phi) is 4.92. The van der Waals surface area contributed by atoms with Gasteiger partial charge < -0.3 is 5.73 Å². The van der Waals surface area contributed by atoms with Crippen molar-refractivity contribution in [3.63, 3.8) is 0 Å². The topological polar surface area (TPSA) is 77.2 Å². The fourth-order valence-electron chi connectivity index (χ4n) is 2.31. The van der Waals surface area contributed by atoms with Gasteiger partial charge in [-0.1, -0.05) is 6.42 Å². The molecule has 0 bridgehead atoms. The van der Waals surface area contributed by atoms with Crippen molar-refractivity contribution >= 4 is 15.6 Å². The van der Waals surface area contributed by atoms with Gasteiger partial charge in [0.1, 0.15) is 15.6 Å². The van der Waals surface area contributed by atoms with E-state index in [0.717, 1.165) is 12.8 Å². The van der Waals surface area contributed by atoms with Crippen molar-refractivity contribution in [2.24, 2.45) is 11.7 Å². The maximum absolute atomic E-state index is 11.8. The average molecular weight is 247 g/mol. The monoisotopic (exact) mass is 247 g/mol. The summed E-state index contributed by atoms with van der Waals surface area (Å²) in [5.41, 5.74) is 5.35. The van der Waals surface area contributed by atoms with Crippen molar-refractivity contribution in [2.75, 3.05) is 12.8 Å². The number of rotatable bonds is 5. The normalized spacial score (nSPS) is 26.6. The quantitative estimate of drug-likeness (QED) is 0.783. The third-order valence-electron chi connectivity index (χ3n) is 3.31. The Morgan fingerprint density at radius 3 is 2.62 bits per heavy atom. The minimum atomic E-state index is -2.99. The van der Waals surface area contributed by atoms with Gasteiger partial charge >= 0.3 is 0 Å². The van der Waals surface area contributed by atoms with Crippen LogP contribution in [0, 0.1) is 5.92 Å². The van der Waals surface area contributed by atoms with Crippen LogP contribution in [0.4, 0.5) is 0 Å². The number of carbonyl (C=O) groups is 1. The number of hydrogen-bond acceptors (Lipinski definition) is 4. The van der Waals surface area contributed by atoms with Gasteiger partial charge in [-0.05, 0) is 32.2 Å². The van der Waals surface area contributed by atoms with Gasteiger partial charge in [0.2, 0.25) is 0 Å². The first-order valence-corrected chi connectivity index (χ1v) is 7.82. The Morgan fingerprint density at radius 2 is 2.06 bits per heavy atom. The minimum absolute atomic E-state index is 0.0555. The highest BCUT2D eigenvalue weighted by Gasteiger charge is 2.31. The van der Waals surface area contributed by atoms with E-state index >= 15 is 0 Å². The molecule has 0 heterocycles. The lowest BCUT2D eigenvalue weighted by Gasteiger charge is -2.26. The van der Waals surface area contributed by atoms with Crippen LogP contribution in [-0.2, 0) is 14.6 Å².